The fraction of sp³-hybridized carbons (Fsp3) is 0.321. The van der Waals surface area contributed by atoms with Gasteiger partial charge in [0.05, 0.1) is 30.3 Å². The predicted molar refractivity (Wildman–Crippen MR) is 136 cm³/mol. The van der Waals surface area contributed by atoms with Crippen LogP contribution in [0.15, 0.2) is 36.4 Å². The van der Waals surface area contributed by atoms with Gasteiger partial charge in [-0.3, -0.25) is 4.79 Å². The summed E-state index contributed by atoms with van der Waals surface area (Å²) in [5.41, 5.74) is 0.631. The zero-order valence-electron chi connectivity index (χ0n) is 21.1. The SMILES string of the molecule is CC#Cc1nnc(-c2cc(NC(=O)c3ccc(F)c(C(C)(C)F)c3)c(F)cc2C)cc1N1CCOCC1. The summed E-state index contributed by atoms with van der Waals surface area (Å²) in [6.07, 6.45) is 0. The van der Waals surface area contributed by atoms with Crippen LogP contribution in [-0.4, -0.2) is 42.4 Å². The van der Waals surface area contributed by atoms with Gasteiger partial charge in [0.1, 0.15) is 17.3 Å². The summed E-state index contributed by atoms with van der Waals surface area (Å²) in [6.45, 7) is 8.34. The highest BCUT2D eigenvalue weighted by Crippen LogP contribution is 2.32. The molecule has 0 aliphatic carbocycles. The number of amides is 1. The first-order valence-electron chi connectivity index (χ1n) is 11.8. The Kier molecular flexibility index (Phi) is 7.50. The zero-order valence-corrected chi connectivity index (χ0v) is 21.1. The lowest BCUT2D eigenvalue weighted by molar-refractivity contribution is 0.102. The van der Waals surface area contributed by atoms with E-state index in [1.807, 2.05) is 6.07 Å². The smallest absolute Gasteiger partial charge is 0.255 e. The number of carbonyl (C=O) groups is 1. The number of morpholine rings is 1. The van der Waals surface area contributed by atoms with Gasteiger partial charge in [-0.05, 0) is 75.6 Å². The standard InChI is InChI=1S/C28H27F3N4O2/c1-5-6-23-26(35-9-11-37-12-10-35)16-24(34-33-23)19-15-25(22(30)13-17(19)2)32-27(36)18-7-8-21(29)20(14-18)28(3,4)31/h7-8,13-16H,9-12H2,1-4H3,(H,32,36). The maximum atomic E-state index is 14.9. The van der Waals surface area contributed by atoms with Gasteiger partial charge in [0.2, 0.25) is 0 Å². The number of ether oxygens (including phenoxy) is 1. The Morgan fingerprint density at radius 2 is 1.81 bits per heavy atom. The number of hydrogen-bond donors (Lipinski definition) is 1. The second kappa shape index (κ2) is 10.6. The molecule has 9 heteroatoms. The Bertz CT molecular complexity index is 1400. The normalized spacial score (nSPS) is 13.6. The highest BCUT2D eigenvalue weighted by atomic mass is 19.1. The molecule has 2 aromatic carbocycles. The van der Waals surface area contributed by atoms with Crippen LogP contribution in [0, 0.1) is 30.4 Å². The van der Waals surface area contributed by atoms with Crippen molar-refractivity contribution in [2.45, 2.75) is 33.4 Å². The molecule has 1 aliphatic heterocycles. The first kappa shape index (κ1) is 26.2. The lowest BCUT2D eigenvalue weighted by Crippen LogP contribution is -2.36. The van der Waals surface area contributed by atoms with Crippen LogP contribution in [0.1, 0.15) is 48.0 Å². The van der Waals surface area contributed by atoms with Gasteiger partial charge < -0.3 is 15.0 Å². The molecular formula is C28H27F3N4O2. The maximum absolute atomic E-state index is 14.9. The molecular weight excluding hydrogens is 481 g/mol. The van der Waals surface area contributed by atoms with E-state index in [4.69, 9.17) is 4.74 Å². The number of aryl methyl sites for hydroxylation is 1. The van der Waals surface area contributed by atoms with E-state index in [0.717, 1.165) is 17.8 Å². The fourth-order valence-corrected chi connectivity index (χ4v) is 4.13. The van der Waals surface area contributed by atoms with E-state index < -0.39 is 23.2 Å². The molecule has 2 heterocycles. The van der Waals surface area contributed by atoms with Crippen molar-refractivity contribution in [2.75, 3.05) is 36.5 Å². The van der Waals surface area contributed by atoms with Crippen LogP contribution in [0.3, 0.4) is 0 Å². The topological polar surface area (TPSA) is 67.4 Å². The summed E-state index contributed by atoms with van der Waals surface area (Å²) >= 11 is 0. The predicted octanol–water partition coefficient (Wildman–Crippen LogP) is 5.40. The zero-order chi connectivity index (χ0) is 26.7. The minimum absolute atomic E-state index is 0.000498. The molecule has 0 bridgehead atoms. The van der Waals surface area contributed by atoms with Crippen molar-refractivity contribution < 1.29 is 22.7 Å². The lowest BCUT2D eigenvalue weighted by atomic mass is 9.97. The molecule has 0 atom stereocenters. The summed E-state index contributed by atoms with van der Waals surface area (Å²) in [5, 5.41) is 11.1. The van der Waals surface area contributed by atoms with E-state index in [2.05, 4.69) is 32.3 Å². The summed E-state index contributed by atoms with van der Waals surface area (Å²) < 4.78 is 48.8. The molecule has 1 aromatic heterocycles. The van der Waals surface area contributed by atoms with Crippen LogP contribution in [0.4, 0.5) is 24.5 Å². The van der Waals surface area contributed by atoms with Gasteiger partial charge in [-0.1, -0.05) is 5.92 Å². The molecule has 1 N–H and O–H groups in total. The van der Waals surface area contributed by atoms with E-state index >= 15 is 0 Å². The number of benzene rings is 2. The first-order chi connectivity index (χ1) is 17.6. The van der Waals surface area contributed by atoms with Gasteiger partial charge in [-0.2, -0.15) is 0 Å². The van der Waals surface area contributed by atoms with Crippen molar-refractivity contribution in [3.05, 3.63) is 70.4 Å². The third-order valence-corrected chi connectivity index (χ3v) is 6.08. The van der Waals surface area contributed by atoms with Crippen molar-refractivity contribution in [1.29, 1.82) is 0 Å². The molecule has 1 amide bonds. The highest BCUT2D eigenvalue weighted by Gasteiger charge is 2.25. The molecule has 192 valence electrons. The van der Waals surface area contributed by atoms with Crippen LogP contribution >= 0.6 is 0 Å². The number of carbonyl (C=O) groups excluding carboxylic acids is 1. The number of rotatable bonds is 5. The van der Waals surface area contributed by atoms with E-state index in [1.54, 1.807) is 13.8 Å². The molecule has 37 heavy (non-hydrogen) atoms. The molecule has 1 saturated heterocycles. The Labute approximate surface area is 213 Å². The Hall–Kier alpha value is -3.90. The van der Waals surface area contributed by atoms with Gasteiger partial charge in [-0.25, -0.2) is 13.2 Å². The maximum Gasteiger partial charge on any atom is 0.255 e. The number of alkyl halides is 1. The molecule has 0 radical (unpaired) electrons. The molecule has 0 unspecified atom stereocenters. The van der Waals surface area contributed by atoms with E-state index in [0.29, 0.717) is 48.8 Å². The Morgan fingerprint density at radius 3 is 2.49 bits per heavy atom. The lowest BCUT2D eigenvalue weighted by Gasteiger charge is -2.29. The Morgan fingerprint density at radius 1 is 1.08 bits per heavy atom. The number of nitrogens with one attached hydrogen (secondary N) is 1. The third kappa shape index (κ3) is 5.75. The molecule has 0 saturated carbocycles. The van der Waals surface area contributed by atoms with Crippen molar-refractivity contribution in [2.24, 2.45) is 0 Å². The molecule has 4 rings (SSSR count). The minimum Gasteiger partial charge on any atom is -0.378 e. The number of anilines is 2. The summed E-state index contributed by atoms with van der Waals surface area (Å²) in [7, 11) is 0. The monoisotopic (exact) mass is 508 g/mol. The number of halogens is 3. The van der Waals surface area contributed by atoms with Crippen molar-refractivity contribution in [1.82, 2.24) is 10.2 Å². The van der Waals surface area contributed by atoms with Crippen molar-refractivity contribution >= 4 is 17.3 Å². The number of nitrogens with zero attached hydrogens (tertiary/aromatic N) is 3. The molecule has 1 aliphatic rings. The van der Waals surface area contributed by atoms with Gasteiger partial charge >= 0.3 is 0 Å². The Balaban J connectivity index is 1.70. The van der Waals surface area contributed by atoms with Crippen LogP contribution in [0.25, 0.3) is 11.3 Å². The largest absolute Gasteiger partial charge is 0.378 e. The average Bonchev–Trinajstić information content (AvgIpc) is 2.86. The van der Waals surface area contributed by atoms with Gasteiger partial charge in [0, 0.05) is 29.8 Å². The quantitative estimate of drug-likeness (QED) is 0.468. The summed E-state index contributed by atoms with van der Waals surface area (Å²) in [5.74, 6) is 3.70. The third-order valence-electron chi connectivity index (χ3n) is 6.08. The molecule has 3 aromatic rings. The summed E-state index contributed by atoms with van der Waals surface area (Å²) in [4.78, 5) is 15.0. The minimum atomic E-state index is -1.99. The van der Waals surface area contributed by atoms with Gasteiger partial charge in [-0.15, -0.1) is 10.2 Å². The number of aromatic nitrogens is 2. The van der Waals surface area contributed by atoms with Gasteiger partial charge in [0.25, 0.3) is 5.91 Å². The molecule has 1 fully saturated rings. The van der Waals surface area contributed by atoms with E-state index in [-0.39, 0.29) is 16.8 Å². The summed E-state index contributed by atoms with van der Waals surface area (Å²) in [6, 6.07) is 7.99. The second-order valence-electron chi connectivity index (χ2n) is 9.21. The van der Waals surface area contributed by atoms with Gasteiger partial charge in [0.15, 0.2) is 5.69 Å². The number of hydrogen-bond acceptors (Lipinski definition) is 5. The van der Waals surface area contributed by atoms with Crippen molar-refractivity contribution in [3.63, 3.8) is 0 Å². The van der Waals surface area contributed by atoms with Crippen molar-refractivity contribution in [3.8, 4) is 23.1 Å². The fourth-order valence-electron chi connectivity index (χ4n) is 4.13. The highest BCUT2D eigenvalue weighted by molar-refractivity contribution is 6.04. The first-order valence-corrected chi connectivity index (χ1v) is 11.8. The van der Waals surface area contributed by atoms with Crippen LogP contribution < -0.4 is 10.2 Å². The molecule has 0 spiro atoms. The van der Waals surface area contributed by atoms with Crippen LogP contribution in [0.5, 0.6) is 0 Å². The van der Waals surface area contributed by atoms with E-state index in [1.165, 1.54) is 32.0 Å². The van der Waals surface area contributed by atoms with Crippen LogP contribution in [-0.2, 0) is 10.4 Å². The molecule has 6 nitrogen and oxygen atoms in total. The second-order valence-corrected chi connectivity index (χ2v) is 9.21. The van der Waals surface area contributed by atoms with E-state index in [9.17, 15) is 18.0 Å². The average molecular weight is 509 g/mol. The van der Waals surface area contributed by atoms with Crippen LogP contribution in [0.2, 0.25) is 0 Å².